The number of hydrogen-bond acceptors (Lipinski definition) is 4. The maximum absolute atomic E-state index is 6.32. The highest BCUT2D eigenvalue weighted by molar-refractivity contribution is 5.84. The zero-order chi connectivity index (χ0) is 13.9. The average Bonchev–Trinajstić information content (AvgIpc) is 2.46. The molecule has 4 heteroatoms. The van der Waals surface area contributed by atoms with Crippen LogP contribution in [0.1, 0.15) is 17.3 Å². The summed E-state index contributed by atoms with van der Waals surface area (Å²) in [7, 11) is 0. The van der Waals surface area contributed by atoms with Crippen molar-refractivity contribution in [1.82, 2.24) is 9.97 Å². The normalized spacial score (nSPS) is 12.4. The lowest BCUT2D eigenvalue weighted by atomic mass is 10.00. The molecule has 0 bridgehead atoms. The average molecular weight is 264 g/mol. The van der Waals surface area contributed by atoms with Crippen LogP contribution in [0.2, 0.25) is 0 Å². The summed E-state index contributed by atoms with van der Waals surface area (Å²) < 4.78 is 0. The zero-order valence-corrected chi connectivity index (χ0v) is 11.0. The van der Waals surface area contributed by atoms with E-state index in [2.05, 4.69) is 22.1 Å². The molecule has 0 saturated carbocycles. The molecule has 0 amide bonds. The van der Waals surface area contributed by atoms with E-state index < -0.39 is 0 Å². The van der Waals surface area contributed by atoms with Crippen LogP contribution < -0.4 is 11.5 Å². The monoisotopic (exact) mass is 264 g/mol. The SMILES string of the molecule is Nc1cc(CC(N)c2nccc3ccccc23)ccn1. The Balaban J connectivity index is 1.94. The van der Waals surface area contributed by atoms with Gasteiger partial charge in [-0.1, -0.05) is 24.3 Å². The molecule has 0 radical (unpaired) electrons. The van der Waals surface area contributed by atoms with E-state index in [-0.39, 0.29) is 6.04 Å². The van der Waals surface area contributed by atoms with Crippen molar-refractivity contribution in [3.8, 4) is 0 Å². The summed E-state index contributed by atoms with van der Waals surface area (Å²) in [5.74, 6) is 0.514. The van der Waals surface area contributed by atoms with E-state index in [1.54, 1.807) is 12.4 Å². The zero-order valence-electron chi connectivity index (χ0n) is 11.0. The van der Waals surface area contributed by atoms with Crippen LogP contribution in [0.15, 0.2) is 54.9 Å². The second kappa shape index (κ2) is 5.27. The summed E-state index contributed by atoms with van der Waals surface area (Å²) in [6.07, 6.45) is 4.19. The van der Waals surface area contributed by atoms with Gasteiger partial charge in [-0.15, -0.1) is 0 Å². The minimum absolute atomic E-state index is 0.164. The Hall–Kier alpha value is -2.46. The molecule has 4 nitrogen and oxygen atoms in total. The Morgan fingerprint density at radius 1 is 1.00 bits per heavy atom. The van der Waals surface area contributed by atoms with Gasteiger partial charge in [0.05, 0.1) is 11.7 Å². The number of hydrogen-bond donors (Lipinski definition) is 2. The molecule has 4 N–H and O–H groups in total. The predicted molar refractivity (Wildman–Crippen MR) is 81.0 cm³/mol. The number of benzene rings is 1. The van der Waals surface area contributed by atoms with Crippen LogP contribution in [0.4, 0.5) is 5.82 Å². The fraction of sp³-hybridized carbons (Fsp3) is 0.125. The predicted octanol–water partition coefficient (Wildman–Crippen LogP) is 2.45. The fourth-order valence-electron chi connectivity index (χ4n) is 2.41. The van der Waals surface area contributed by atoms with E-state index >= 15 is 0 Å². The Morgan fingerprint density at radius 3 is 2.65 bits per heavy atom. The molecular weight excluding hydrogens is 248 g/mol. The molecule has 0 aliphatic carbocycles. The molecule has 3 rings (SSSR count). The van der Waals surface area contributed by atoms with Gasteiger partial charge in [0.25, 0.3) is 0 Å². The van der Waals surface area contributed by atoms with Gasteiger partial charge in [0.1, 0.15) is 5.82 Å². The second-order valence-electron chi connectivity index (χ2n) is 4.82. The van der Waals surface area contributed by atoms with Gasteiger partial charge in [-0.05, 0) is 35.6 Å². The minimum Gasteiger partial charge on any atom is -0.384 e. The standard InChI is InChI=1S/C16H16N4/c17-14(9-11-5-7-19-15(18)10-11)16-13-4-2-1-3-12(13)6-8-20-16/h1-8,10,14H,9,17H2,(H2,18,19). The largest absolute Gasteiger partial charge is 0.384 e. The highest BCUT2D eigenvalue weighted by Crippen LogP contribution is 2.23. The smallest absolute Gasteiger partial charge is 0.123 e. The number of nitrogens with two attached hydrogens (primary N) is 2. The third kappa shape index (κ3) is 2.46. The van der Waals surface area contributed by atoms with E-state index in [1.807, 2.05) is 30.3 Å². The molecule has 1 aromatic carbocycles. The van der Waals surface area contributed by atoms with Crippen LogP contribution in [0.25, 0.3) is 10.8 Å². The van der Waals surface area contributed by atoms with Crippen molar-refractivity contribution in [2.24, 2.45) is 5.73 Å². The van der Waals surface area contributed by atoms with Crippen LogP contribution in [-0.4, -0.2) is 9.97 Å². The first-order chi connectivity index (χ1) is 9.74. The number of nitrogen functional groups attached to an aromatic ring is 1. The van der Waals surface area contributed by atoms with Gasteiger partial charge in [-0.25, -0.2) is 4.98 Å². The highest BCUT2D eigenvalue weighted by atomic mass is 14.8. The third-order valence-electron chi connectivity index (χ3n) is 3.36. The van der Waals surface area contributed by atoms with E-state index in [0.717, 1.165) is 22.0 Å². The van der Waals surface area contributed by atoms with Crippen molar-refractivity contribution in [3.63, 3.8) is 0 Å². The van der Waals surface area contributed by atoms with Crippen LogP contribution in [-0.2, 0) is 6.42 Å². The number of nitrogens with zero attached hydrogens (tertiary/aromatic N) is 2. The summed E-state index contributed by atoms with van der Waals surface area (Å²) in [5.41, 5.74) is 14.0. The van der Waals surface area contributed by atoms with Gasteiger partial charge in [-0.2, -0.15) is 0 Å². The van der Waals surface area contributed by atoms with E-state index in [4.69, 9.17) is 11.5 Å². The third-order valence-corrected chi connectivity index (χ3v) is 3.36. The summed E-state index contributed by atoms with van der Waals surface area (Å²) in [6, 6.07) is 13.8. The number of fused-ring (bicyclic) bond motifs is 1. The van der Waals surface area contributed by atoms with E-state index in [0.29, 0.717) is 12.2 Å². The van der Waals surface area contributed by atoms with Gasteiger partial charge in [0, 0.05) is 17.8 Å². The van der Waals surface area contributed by atoms with Crippen LogP contribution >= 0.6 is 0 Å². The van der Waals surface area contributed by atoms with E-state index in [1.165, 1.54) is 0 Å². The molecule has 3 aromatic rings. The first-order valence-electron chi connectivity index (χ1n) is 6.53. The molecule has 0 fully saturated rings. The molecule has 1 unspecified atom stereocenters. The van der Waals surface area contributed by atoms with Crippen molar-refractivity contribution in [3.05, 3.63) is 66.1 Å². The summed E-state index contributed by atoms with van der Waals surface area (Å²) in [4.78, 5) is 8.44. The van der Waals surface area contributed by atoms with Gasteiger partial charge in [-0.3, -0.25) is 4.98 Å². The lowest BCUT2D eigenvalue weighted by Gasteiger charge is -2.13. The van der Waals surface area contributed by atoms with Crippen LogP contribution in [0.3, 0.4) is 0 Å². The molecule has 1 atom stereocenters. The van der Waals surface area contributed by atoms with Crippen molar-refractivity contribution in [2.75, 3.05) is 5.73 Å². The van der Waals surface area contributed by atoms with Gasteiger partial charge >= 0.3 is 0 Å². The van der Waals surface area contributed by atoms with Gasteiger partial charge in [0.15, 0.2) is 0 Å². The number of anilines is 1. The first-order valence-corrected chi connectivity index (χ1v) is 6.53. The minimum atomic E-state index is -0.164. The quantitative estimate of drug-likeness (QED) is 0.761. The fourth-order valence-corrected chi connectivity index (χ4v) is 2.41. The maximum atomic E-state index is 6.32. The molecule has 20 heavy (non-hydrogen) atoms. The van der Waals surface area contributed by atoms with Crippen molar-refractivity contribution >= 4 is 16.6 Å². The lowest BCUT2D eigenvalue weighted by Crippen LogP contribution is -2.15. The molecule has 0 aliphatic rings. The molecule has 100 valence electrons. The number of pyridine rings is 2. The highest BCUT2D eigenvalue weighted by Gasteiger charge is 2.12. The van der Waals surface area contributed by atoms with Gasteiger partial charge < -0.3 is 11.5 Å². The Morgan fingerprint density at radius 2 is 1.80 bits per heavy atom. The number of aromatic nitrogens is 2. The summed E-state index contributed by atoms with van der Waals surface area (Å²) >= 11 is 0. The molecule has 0 aliphatic heterocycles. The molecular formula is C16H16N4. The molecule has 2 aromatic heterocycles. The van der Waals surface area contributed by atoms with Crippen LogP contribution in [0, 0.1) is 0 Å². The second-order valence-corrected chi connectivity index (χ2v) is 4.82. The van der Waals surface area contributed by atoms with Crippen molar-refractivity contribution in [1.29, 1.82) is 0 Å². The Bertz CT molecular complexity index is 734. The summed E-state index contributed by atoms with van der Waals surface area (Å²) in [5, 5.41) is 2.26. The maximum Gasteiger partial charge on any atom is 0.123 e. The Labute approximate surface area is 117 Å². The Kier molecular flexibility index (Phi) is 3.31. The van der Waals surface area contributed by atoms with Crippen molar-refractivity contribution in [2.45, 2.75) is 12.5 Å². The molecule has 0 spiro atoms. The lowest BCUT2D eigenvalue weighted by molar-refractivity contribution is 0.703. The molecule has 0 saturated heterocycles. The van der Waals surface area contributed by atoms with Crippen LogP contribution in [0.5, 0.6) is 0 Å². The van der Waals surface area contributed by atoms with Gasteiger partial charge in [0.2, 0.25) is 0 Å². The first kappa shape index (κ1) is 12.6. The summed E-state index contributed by atoms with van der Waals surface area (Å²) in [6.45, 7) is 0. The number of rotatable bonds is 3. The topological polar surface area (TPSA) is 77.8 Å². The molecule has 2 heterocycles. The van der Waals surface area contributed by atoms with E-state index in [9.17, 15) is 0 Å². The van der Waals surface area contributed by atoms with Crippen molar-refractivity contribution < 1.29 is 0 Å².